The predicted octanol–water partition coefficient (Wildman–Crippen LogP) is 7.35. The number of carboxylic acid groups (broad SMARTS) is 1. The lowest BCUT2D eigenvalue weighted by molar-refractivity contribution is -0.140. The fourth-order valence-corrected chi connectivity index (χ4v) is 5.17. The van der Waals surface area contributed by atoms with E-state index in [1.807, 2.05) is 54.6 Å². The molecule has 0 saturated carbocycles. The van der Waals surface area contributed by atoms with Crippen LogP contribution in [0.2, 0.25) is 10.0 Å². The molecule has 0 aliphatic carbocycles. The first-order valence-electron chi connectivity index (χ1n) is 11.3. The van der Waals surface area contributed by atoms with Crippen LogP contribution in [0.5, 0.6) is 11.5 Å². The highest BCUT2D eigenvalue weighted by atomic mass is 35.5. The van der Waals surface area contributed by atoms with Gasteiger partial charge in [0, 0.05) is 22.2 Å². The number of rotatable bonds is 6. The molecule has 0 aromatic heterocycles. The number of carboxylic acids is 1. The lowest BCUT2D eigenvalue weighted by atomic mass is 9.79. The third-order valence-corrected chi connectivity index (χ3v) is 6.78. The minimum absolute atomic E-state index is 0.159. The molecule has 0 spiro atoms. The van der Waals surface area contributed by atoms with Crippen LogP contribution in [0.3, 0.4) is 0 Å². The SMILES string of the molecule is O=C(O)C1c2ccccc2C(=O)N(Cc2cccc(Oc3ccccc3)c2)C1c1ccc(Cl)cc1Cl. The van der Waals surface area contributed by atoms with E-state index in [4.69, 9.17) is 27.9 Å². The summed E-state index contributed by atoms with van der Waals surface area (Å²) in [6.45, 7) is 0.159. The highest BCUT2D eigenvalue weighted by Gasteiger charge is 2.45. The van der Waals surface area contributed by atoms with Crippen molar-refractivity contribution in [1.29, 1.82) is 0 Å². The van der Waals surface area contributed by atoms with Gasteiger partial charge >= 0.3 is 5.97 Å². The van der Waals surface area contributed by atoms with Gasteiger partial charge in [-0.15, -0.1) is 0 Å². The van der Waals surface area contributed by atoms with Crippen LogP contribution in [0.25, 0.3) is 0 Å². The monoisotopic (exact) mass is 517 g/mol. The number of ether oxygens (including phenoxy) is 1. The molecule has 0 fully saturated rings. The van der Waals surface area contributed by atoms with Crippen LogP contribution in [-0.2, 0) is 11.3 Å². The minimum atomic E-state index is -1.04. The van der Waals surface area contributed by atoms with Crippen molar-refractivity contribution in [1.82, 2.24) is 4.90 Å². The van der Waals surface area contributed by atoms with Gasteiger partial charge in [0.2, 0.25) is 0 Å². The van der Waals surface area contributed by atoms with Crippen molar-refractivity contribution in [3.05, 3.63) is 129 Å². The maximum Gasteiger partial charge on any atom is 0.313 e. The molecule has 0 saturated heterocycles. The Labute approximate surface area is 218 Å². The first kappa shape index (κ1) is 23.9. The van der Waals surface area contributed by atoms with Crippen molar-refractivity contribution in [2.24, 2.45) is 0 Å². The van der Waals surface area contributed by atoms with Crippen molar-refractivity contribution in [2.75, 3.05) is 0 Å². The van der Waals surface area contributed by atoms with Gasteiger partial charge < -0.3 is 14.7 Å². The van der Waals surface area contributed by atoms with E-state index in [-0.39, 0.29) is 12.5 Å². The van der Waals surface area contributed by atoms with E-state index in [0.717, 1.165) is 5.56 Å². The first-order chi connectivity index (χ1) is 17.4. The first-order valence-corrected chi connectivity index (χ1v) is 12.1. The second-order valence-electron chi connectivity index (χ2n) is 8.51. The molecule has 1 aliphatic heterocycles. The lowest BCUT2D eigenvalue weighted by Crippen LogP contribution is -2.44. The smallest absolute Gasteiger partial charge is 0.313 e. The van der Waals surface area contributed by atoms with E-state index < -0.39 is 17.9 Å². The summed E-state index contributed by atoms with van der Waals surface area (Å²) in [5.74, 6) is -1.03. The Kier molecular flexibility index (Phi) is 6.68. The molecule has 4 aromatic rings. The molecular formula is C29H21Cl2NO4. The number of carbonyl (C=O) groups excluding carboxylic acids is 1. The van der Waals surface area contributed by atoms with Gasteiger partial charge in [-0.1, -0.05) is 77.8 Å². The number of hydrogen-bond acceptors (Lipinski definition) is 3. The molecule has 1 N–H and O–H groups in total. The fourth-order valence-electron chi connectivity index (χ4n) is 4.65. The number of benzene rings is 4. The van der Waals surface area contributed by atoms with Crippen LogP contribution >= 0.6 is 23.2 Å². The van der Waals surface area contributed by atoms with Crippen LogP contribution in [0.1, 0.15) is 39.0 Å². The van der Waals surface area contributed by atoms with E-state index in [9.17, 15) is 14.7 Å². The summed E-state index contributed by atoms with van der Waals surface area (Å²) in [4.78, 5) is 27.9. The second kappa shape index (κ2) is 10.1. The molecule has 2 atom stereocenters. The molecule has 2 unspecified atom stereocenters. The molecule has 4 aromatic carbocycles. The number of hydrogen-bond donors (Lipinski definition) is 1. The zero-order valence-corrected chi connectivity index (χ0v) is 20.5. The summed E-state index contributed by atoms with van der Waals surface area (Å²) in [5, 5.41) is 11.0. The summed E-state index contributed by atoms with van der Waals surface area (Å²) >= 11 is 12.7. The van der Waals surface area contributed by atoms with Crippen LogP contribution in [0.4, 0.5) is 0 Å². The zero-order valence-electron chi connectivity index (χ0n) is 19.0. The Morgan fingerprint density at radius 2 is 1.56 bits per heavy atom. The average molecular weight is 518 g/mol. The number of fused-ring (bicyclic) bond motifs is 1. The van der Waals surface area contributed by atoms with E-state index in [1.54, 1.807) is 47.4 Å². The van der Waals surface area contributed by atoms with Gasteiger partial charge in [0.25, 0.3) is 5.91 Å². The molecule has 1 heterocycles. The normalized spacial score (nSPS) is 16.9. The number of carbonyl (C=O) groups is 2. The fraction of sp³-hybridized carbons (Fsp3) is 0.103. The largest absolute Gasteiger partial charge is 0.481 e. The summed E-state index contributed by atoms with van der Waals surface area (Å²) in [5.41, 5.74) is 2.13. The van der Waals surface area contributed by atoms with Gasteiger partial charge in [-0.25, -0.2) is 0 Å². The molecule has 7 heteroatoms. The van der Waals surface area contributed by atoms with E-state index in [0.29, 0.717) is 38.2 Å². The van der Waals surface area contributed by atoms with E-state index >= 15 is 0 Å². The second-order valence-corrected chi connectivity index (χ2v) is 9.35. The summed E-state index contributed by atoms with van der Waals surface area (Å²) in [6.07, 6.45) is 0. The summed E-state index contributed by atoms with van der Waals surface area (Å²) < 4.78 is 5.96. The Morgan fingerprint density at radius 1 is 0.833 bits per heavy atom. The predicted molar refractivity (Wildman–Crippen MR) is 139 cm³/mol. The molecule has 36 heavy (non-hydrogen) atoms. The van der Waals surface area contributed by atoms with Gasteiger partial charge in [0.1, 0.15) is 17.4 Å². The summed E-state index contributed by atoms with van der Waals surface area (Å²) in [6, 6.07) is 27.7. The van der Waals surface area contributed by atoms with Crippen molar-refractivity contribution in [2.45, 2.75) is 18.5 Å². The Bertz CT molecular complexity index is 1440. The molecule has 5 nitrogen and oxygen atoms in total. The Hall–Kier alpha value is -3.80. The number of amides is 1. The molecule has 0 radical (unpaired) electrons. The van der Waals surface area contributed by atoms with Gasteiger partial charge in [-0.3, -0.25) is 9.59 Å². The quantitative estimate of drug-likeness (QED) is 0.290. The van der Waals surface area contributed by atoms with Gasteiger partial charge in [-0.05, 0) is 59.2 Å². The maximum absolute atomic E-state index is 13.8. The summed E-state index contributed by atoms with van der Waals surface area (Å²) in [7, 11) is 0. The Balaban J connectivity index is 1.58. The molecule has 0 bridgehead atoms. The molecule has 1 aliphatic rings. The number of para-hydroxylation sites is 1. The number of nitrogens with zero attached hydrogens (tertiary/aromatic N) is 1. The van der Waals surface area contributed by atoms with Crippen molar-refractivity contribution >= 4 is 35.1 Å². The van der Waals surface area contributed by atoms with Crippen molar-refractivity contribution in [3.63, 3.8) is 0 Å². The van der Waals surface area contributed by atoms with Crippen LogP contribution < -0.4 is 4.74 Å². The number of aliphatic carboxylic acids is 1. The van der Waals surface area contributed by atoms with Crippen LogP contribution in [-0.4, -0.2) is 21.9 Å². The molecule has 5 rings (SSSR count). The molecule has 180 valence electrons. The van der Waals surface area contributed by atoms with E-state index in [2.05, 4.69) is 0 Å². The molecular weight excluding hydrogens is 497 g/mol. The van der Waals surface area contributed by atoms with Crippen LogP contribution in [0.15, 0.2) is 97.1 Å². The van der Waals surface area contributed by atoms with Gasteiger partial charge in [0.15, 0.2) is 0 Å². The van der Waals surface area contributed by atoms with Gasteiger partial charge in [0.05, 0.1) is 6.04 Å². The van der Waals surface area contributed by atoms with Crippen LogP contribution in [0, 0.1) is 0 Å². The topological polar surface area (TPSA) is 66.8 Å². The minimum Gasteiger partial charge on any atom is -0.481 e. The lowest BCUT2D eigenvalue weighted by Gasteiger charge is -2.41. The van der Waals surface area contributed by atoms with Crippen molar-refractivity contribution in [3.8, 4) is 11.5 Å². The Morgan fingerprint density at radius 3 is 2.31 bits per heavy atom. The maximum atomic E-state index is 13.8. The number of halogens is 2. The average Bonchev–Trinajstić information content (AvgIpc) is 2.86. The standard InChI is InChI=1S/C29H21Cl2NO4/c30-19-13-14-24(25(31)16-19)27-26(29(34)35)22-11-4-5-12-23(22)28(33)32(27)17-18-7-6-10-21(15-18)36-20-8-2-1-3-9-20/h1-16,26-27H,17H2,(H,34,35). The molecule has 1 amide bonds. The van der Waals surface area contributed by atoms with Crippen molar-refractivity contribution < 1.29 is 19.4 Å². The third kappa shape index (κ3) is 4.68. The highest BCUT2D eigenvalue weighted by molar-refractivity contribution is 6.35. The van der Waals surface area contributed by atoms with E-state index in [1.165, 1.54) is 0 Å². The van der Waals surface area contributed by atoms with Gasteiger partial charge in [-0.2, -0.15) is 0 Å². The zero-order chi connectivity index (χ0) is 25.2. The third-order valence-electron chi connectivity index (χ3n) is 6.22. The highest BCUT2D eigenvalue weighted by Crippen LogP contribution is 2.46.